The van der Waals surface area contributed by atoms with E-state index in [0.29, 0.717) is 42.7 Å². The van der Waals surface area contributed by atoms with Gasteiger partial charge in [0.1, 0.15) is 30.5 Å². The lowest BCUT2D eigenvalue weighted by molar-refractivity contribution is 0.102. The number of hydrogen-bond donors (Lipinski definition) is 1. The molecular weight excluding hydrogens is 378 g/mol. The molecule has 156 valence electrons. The average Bonchev–Trinajstić information content (AvgIpc) is 2.76. The van der Waals surface area contributed by atoms with Crippen molar-refractivity contribution < 1.29 is 19.0 Å². The van der Waals surface area contributed by atoms with E-state index in [2.05, 4.69) is 19.2 Å². The molecule has 5 heteroatoms. The summed E-state index contributed by atoms with van der Waals surface area (Å²) in [6.07, 6.45) is 0. The first-order chi connectivity index (χ1) is 14.6. The van der Waals surface area contributed by atoms with E-state index in [4.69, 9.17) is 14.2 Å². The third-order valence-electron chi connectivity index (χ3n) is 4.16. The van der Waals surface area contributed by atoms with Crippen LogP contribution in [0.3, 0.4) is 0 Å². The molecule has 0 aliphatic carbocycles. The van der Waals surface area contributed by atoms with Crippen LogP contribution in [0.1, 0.15) is 24.2 Å². The number of anilines is 1. The molecule has 0 saturated carbocycles. The van der Waals surface area contributed by atoms with Gasteiger partial charge in [0.05, 0.1) is 12.2 Å². The van der Waals surface area contributed by atoms with Gasteiger partial charge >= 0.3 is 0 Å². The number of rotatable bonds is 10. The normalized spacial score (nSPS) is 10.5. The lowest BCUT2D eigenvalue weighted by Crippen LogP contribution is -2.15. The largest absolute Gasteiger partial charge is 0.493 e. The lowest BCUT2D eigenvalue weighted by Gasteiger charge is -2.13. The fourth-order valence-electron chi connectivity index (χ4n) is 2.73. The van der Waals surface area contributed by atoms with E-state index in [9.17, 15) is 4.79 Å². The molecule has 0 heterocycles. The molecule has 3 rings (SSSR count). The van der Waals surface area contributed by atoms with E-state index in [-0.39, 0.29) is 5.91 Å². The molecule has 1 N–H and O–H groups in total. The number of ether oxygens (including phenoxy) is 3. The second-order valence-corrected chi connectivity index (χ2v) is 7.19. The Bertz CT molecular complexity index is 941. The Balaban J connectivity index is 1.58. The minimum absolute atomic E-state index is 0.240. The molecule has 0 aromatic heterocycles. The van der Waals surface area contributed by atoms with Crippen LogP contribution in [0.2, 0.25) is 0 Å². The van der Waals surface area contributed by atoms with Crippen LogP contribution in [-0.2, 0) is 0 Å². The van der Waals surface area contributed by atoms with Crippen molar-refractivity contribution in [3.63, 3.8) is 0 Å². The number of carbonyl (C=O) groups is 1. The third kappa shape index (κ3) is 6.55. The molecule has 0 spiro atoms. The summed E-state index contributed by atoms with van der Waals surface area (Å²) in [4.78, 5) is 12.8. The molecule has 3 aromatic rings. The summed E-state index contributed by atoms with van der Waals surface area (Å²) in [5, 5.41) is 2.91. The smallest absolute Gasteiger partial charge is 0.259 e. The first-order valence-corrected chi connectivity index (χ1v) is 10.1. The highest BCUT2D eigenvalue weighted by Crippen LogP contribution is 2.22. The molecule has 3 aromatic carbocycles. The van der Waals surface area contributed by atoms with Gasteiger partial charge in [-0.2, -0.15) is 0 Å². The van der Waals surface area contributed by atoms with Crippen LogP contribution < -0.4 is 19.5 Å². The highest BCUT2D eigenvalue weighted by molar-refractivity contribution is 6.06. The van der Waals surface area contributed by atoms with Gasteiger partial charge in [-0.25, -0.2) is 0 Å². The van der Waals surface area contributed by atoms with Crippen LogP contribution >= 0.6 is 0 Å². The van der Waals surface area contributed by atoms with Gasteiger partial charge in [-0.05, 0) is 42.3 Å². The molecule has 0 radical (unpaired) electrons. The van der Waals surface area contributed by atoms with Crippen molar-refractivity contribution in [2.24, 2.45) is 5.92 Å². The Hall–Kier alpha value is -3.47. The van der Waals surface area contributed by atoms with Crippen molar-refractivity contribution in [1.82, 2.24) is 0 Å². The minimum atomic E-state index is -0.240. The van der Waals surface area contributed by atoms with Crippen molar-refractivity contribution in [2.45, 2.75) is 13.8 Å². The summed E-state index contributed by atoms with van der Waals surface area (Å²) in [7, 11) is 0. The van der Waals surface area contributed by atoms with Gasteiger partial charge in [0.2, 0.25) is 0 Å². The maximum absolute atomic E-state index is 12.8. The summed E-state index contributed by atoms with van der Waals surface area (Å²) < 4.78 is 17.2. The zero-order valence-corrected chi connectivity index (χ0v) is 17.3. The van der Waals surface area contributed by atoms with Crippen LogP contribution in [0.15, 0.2) is 78.9 Å². The summed E-state index contributed by atoms with van der Waals surface area (Å²) in [6.45, 7) is 5.52. The summed E-state index contributed by atoms with van der Waals surface area (Å²) in [6, 6.07) is 24.1. The molecule has 30 heavy (non-hydrogen) atoms. The third-order valence-corrected chi connectivity index (χ3v) is 4.16. The fourth-order valence-corrected chi connectivity index (χ4v) is 2.73. The van der Waals surface area contributed by atoms with E-state index in [1.807, 2.05) is 66.7 Å². The lowest BCUT2D eigenvalue weighted by atomic mass is 10.2. The van der Waals surface area contributed by atoms with E-state index in [1.54, 1.807) is 12.1 Å². The van der Waals surface area contributed by atoms with E-state index >= 15 is 0 Å². The maximum Gasteiger partial charge on any atom is 0.259 e. The Morgan fingerprint density at radius 3 is 2.30 bits per heavy atom. The van der Waals surface area contributed by atoms with Gasteiger partial charge in [0, 0.05) is 11.8 Å². The molecule has 5 nitrogen and oxygen atoms in total. The van der Waals surface area contributed by atoms with E-state index in [1.165, 1.54) is 0 Å². The predicted molar refractivity (Wildman–Crippen MR) is 119 cm³/mol. The number of amides is 1. The van der Waals surface area contributed by atoms with Gasteiger partial charge in [-0.1, -0.05) is 50.2 Å². The van der Waals surface area contributed by atoms with E-state index < -0.39 is 0 Å². The quantitative estimate of drug-likeness (QED) is 0.457. The van der Waals surface area contributed by atoms with Crippen molar-refractivity contribution in [2.75, 3.05) is 25.1 Å². The van der Waals surface area contributed by atoms with Crippen LogP contribution in [0.25, 0.3) is 0 Å². The van der Waals surface area contributed by atoms with Crippen LogP contribution in [0, 0.1) is 5.92 Å². The highest BCUT2D eigenvalue weighted by Gasteiger charge is 2.13. The van der Waals surface area contributed by atoms with Crippen LogP contribution in [0.4, 0.5) is 5.69 Å². The molecule has 0 atom stereocenters. The molecule has 0 fully saturated rings. The molecule has 0 saturated heterocycles. The van der Waals surface area contributed by atoms with E-state index in [0.717, 1.165) is 11.5 Å². The zero-order valence-electron chi connectivity index (χ0n) is 17.3. The zero-order chi connectivity index (χ0) is 21.2. The van der Waals surface area contributed by atoms with Gasteiger partial charge in [-0.15, -0.1) is 0 Å². The van der Waals surface area contributed by atoms with Crippen molar-refractivity contribution >= 4 is 11.6 Å². The maximum atomic E-state index is 12.8. The minimum Gasteiger partial charge on any atom is -0.493 e. The molecule has 0 aliphatic heterocycles. The molecule has 0 aliphatic rings. The van der Waals surface area contributed by atoms with Gasteiger partial charge in [0.25, 0.3) is 5.91 Å². The number of benzene rings is 3. The standard InChI is InChI=1S/C25H27NO4/c1-19(2)18-30-22-12-8-9-20(17-22)26-25(27)23-13-6-7-14-24(23)29-16-15-28-21-10-4-3-5-11-21/h3-14,17,19H,15-16,18H2,1-2H3,(H,26,27). The van der Waals surface area contributed by atoms with Gasteiger partial charge in [0.15, 0.2) is 0 Å². The Morgan fingerprint density at radius 2 is 1.50 bits per heavy atom. The Morgan fingerprint density at radius 1 is 0.800 bits per heavy atom. The van der Waals surface area contributed by atoms with Crippen molar-refractivity contribution in [3.05, 3.63) is 84.4 Å². The fraction of sp³-hybridized carbons (Fsp3) is 0.240. The first kappa shape index (κ1) is 21.2. The summed E-state index contributed by atoms with van der Waals surface area (Å²) in [5.74, 6) is 2.21. The topological polar surface area (TPSA) is 56.8 Å². The molecule has 0 unspecified atom stereocenters. The van der Waals surface area contributed by atoms with Crippen LogP contribution in [0.5, 0.6) is 17.2 Å². The second kappa shape index (κ2) is 10.9. The van der Waals surface area contributed by atoms with Crippen molar-refractivity contribution in [1.29, 1.82) is 0 Å². The molecule has 1 amide bonds. The van der Waals surface area contributed by atoms with Gasteiger partial charge < -0.3 is 19.5 Å². The number of nitrogens with one attached hydrogen (secondary N) is 1. The van der Waals surface area contributed by atoms with Gasteiger partial charge in [-0.3, -0.25) is 4.79 Å². The SMILES string of the molecule is CC(C)COc1cccc(NC(=O)c2ccccc2OCCOc2ccccc2)c1. The highest BCUT2D eigenvalue weighted by atomic mass is 16.5. The molecule has 0 bridgehead atoms. The van der Waals surface area contributed by atoms with Crippen molar-refractivity contribution in [3.8, 4) is 17.2 Å². The summed E-state index contributed by atoms with van der Waals surface area (Å²) >= 11 is 0. The number of hydrogen-bond acceptors (Lipinski definition) is 4. The van der Waals surface area contributed by atoms with Crippen LogP contribution in [-0.4, -0.2) is 25.7 Å². The number of para-hydroxylation sites is 2. The predicted octanol–water partition coefficient (Wildman–Crippen LogP) is 5.43. The monoisotopic (exact) mass is 405 g/mol. The Labute approximate surface area is 177 Å². The Kier molecular flexibility index (Phi) is 7.72. The summed E-state index contributed by atoms with van der Waals surface area (Å²) in [5.41, 5.74) is 1.13. The number of carbonyl (C=O) groups excluding carboxylic acids is 1. The average molecular weight is 405 g/mol. The molecular formula is C25H27NO4. The second-order valence-electron chi connectivity index (χ2n) is 7.19. The first-order valence-electron chi connectivity index (χ1n) is 10.1.